The van der Waals surface area contributed by atoms with Crippen LogP contribution in [0.4, 0.5) is 5.69 Å². The summed E-state index contributed by atoms with van der Waals surface area (Å²) in [5.41, 5.74) is 2.00. The fourth-order valence-corrected chi connectivity index (χ4v) is 2.94. The number of hydrogen-bond acceptors (Lipinski definition) is 3. The third-order valence-electron chi connectivity index (χ3n) is 1.90. The van der Waals surface area contributed by atoms with E-state index in [0.717, 1.165) is 20.2 Å². The molecule has 1 aromatic rings. The molecule has 1 rings (SSSR count). The summed E-state index contributed by atoms with van der Waals surface area (Å²) in [7, 11) is 0. The van der Waals surface area contributed by atoms with Crippen molar-refractivity contribution in [2.24, 2.45) is 0 Å². The predicted octanol–water partition coefficient (Wildman–Crippen LogP) is 3.50. The maximum Gasteiger partial charge on any atom is 0.325 e. The third-order valence-corrected chi connectivity index (χ3v) is 3.15. The highest BCUT2D eigenvalue weighted by Gasteiger charge is 2.08. The number of esters is 1. The van der Waals surface area contributed by atoms with E-state index in [1.54, 1.807) is 6.92 Å². The van der Waals surface area contributed by atoms with E-state index in [4.69, 9.17) is 4.74 Å². The summed E-state index contributed by atoms with van der Waals surface area (Å²) in [6.45, 7) is 4.35. The number of carbonyl (C=O) groups excluding carboxylic acids is 1. The molecule has 3 nitrogen and oxygen atoms in total. The van der Waals surface area contributed by atoms with Crippen LogP contribution in [0.2, 0.25) is 0 Å². The van der Waals surface area contributed by atoms with Crippen molar-refractivity contribution in [2.45, 2.75) is 13.8 Å². The third kappa shape index (κ3) is 3.79. The van der Waals surface area contributed by atoms with Gasteiger partial charge in [-0.25, -0.2) is 0 Å². The number of aryl methyl sites for hydroxylation is 1. The van der Waals surface area contributed by atoms with Gasteiger partial charge in [-0.05, 0) is 63.4 Å². The molecule has 0 atom stereocenters. The first-order valence-corrected chi connectivity index (χ1v) is 6.48. The highest BCUT2D eigenvalue weighted by atomic mass is 79.9. The standard InChI is InChI=1S/C11H13Br2NO2/c1-3-16-10(15)6-14-11-8(12)4-7(2)5-9(11)13/h4-5,14H,3,6H2,1-2H3. The molecule has 0 aromatic heterocycles. The van der Waals surface area contributed by atoms with Crippen LogP contribution in [0.3, 0.4) is 0 Å². The molecule has 0 amide bonds. The monoisotopic (exact) mass is 349 g/mol. The van der Waals surface area contributed by atoms with Gasteiger partial charge >= 0.3 is 5.97 Å². The Morgan fingerprint density at radius 2 is 1.94 bits per heavy atom. The van der Waals surface area contributed by atoms with Gasteiger partial charge < -0.3 is 10.1 Å². The van der Waals surface area contributed by atoms with Crippen LogP contribution in [0, 0.1) is 6.92 Å². The second kappa shape index (κ2) is 6.25. The fourth-order valence-electron chi connectivity index (χ4n) is 1.24. The number of halogens is 2. The first-order chi connectivity index (χ1) is 7.54. The number of hydrogen-bond donors (Lipinski definition) is 1. The minimum atomic E-state index is -0.262. The van der Waals surface area contributed by atoms with E-state index < -0.39 is 0 Å². The molecule has 1 N–H and O–H groups in total. The Bertz CT molecular complexity index is 371. The van der Waals surface area contributed by atoms with Crippen molar-refractivity contribution < 1.29 is 9.53 Å². The molecule has 1 aromatic carbocycles. The molecule has 0 bridgehead atoms. The molecule has 0 fully saturated rings. The Balaban J connectivity index is 2.70. The van der Waals surface area contributed by atoms with Crippen molar-refractivity contribution in [3.05, 3.63) is 26.6 Å². The molecule has 16 heavy (non-hydrogen) atoms. The van der Waals surface area contributed by atoms with Gasteiger partial charge in [-0.15, -0.1) is 0 Å². The van der Waals surface area contributed by atoms with Crippen LogP contribution in [0.25, 0.3) is 0 Å². The zero-order valence-corrected chi connectivity index (χ0v) is 12.3. The number of rotatable bonds is 4. The smallest absolute Gasteiger partial charge is 0.325 e. The predicted molar refractivity (Wildman–Crippen MR) is 71.7 cm³/mol. The van der Waals surface area contributed by atoms with Crippen LogP contribution >= 0.6 is 31.9 Å². The van der Waals surface area contributed by atoms with Crippen molar-refractivity contribution in [3.63, 3.8) is 0 Å². The number of carbonyl (C=O) groups is 1. The molecule has 5 heteroatoms. The number of benzene rings is 1. The van der Waals surface area contributed by atoms with E-state index in [-0.39, 0.29) is 12.5 Å². The van der Waals surface area contributed by atoms with Gasteiger partial charge in [0.2, 0.25) is 0 Å². The molecular weight excluding hydrogens is 338 g/mol. The summed E-state index contributed by atoms with van der Waals surface area (Å²) in [5, 5.41) is 3.02. The second-order valence-corrected chi connectivity index (χ2v) is 4.97. The number of anilines is 1. The minimum absolute atomic E-state index is 0.161. The van der Waals surface area contributed by atoms with Crippen LogP contribution in [0.5, 0.6) is 0 Å². The summed E-state index contributed by atoms with van der Waals surface area (Å²) in [6.07, 6.45) is 0. The van der Waals surface area contributed by atoms with Gasteiger partial charge in [-0.1, -0.05) is 0 Å². The molecule has 0 spiro atoms. The van der Waals surface area contributed by atoms with Crippen LogP contribution in [-0.4, -0.2) is 19.1 Å². The average molecular weight is 351 g/mol. The summed E-state index contributed by atoms with van der Waals surface area (Å²) in [4.78, 5) is 11.2. The Morgan fingerprint density at radius 3 is 2.44 bits per heavy atom. The van der Waals surface area contributed by atoms with E-state index in [0.29, 0.717) is 6.61 Å². The number of ether oxygens (including phenoxy) is 1. The lowest BCUT2D eigenvalue weighted by Crippen LogP contribution is -2.17. The second-order valence-electron chi connectivity index (χ2n) is 3.26. The Labute approximate surface area is 112 Å². The summed E-state index contributed by atoms with van der Waals surface area (Å²) < 4.78 is 6.68. The van der Waals surface area contributed by atoms with Crippen LogP contribution in [0.15, 0.2) is 21.1 Å². The molecule has 0 saturated carbocycles. The molecule has 0 aliphatic heterocycles. The quantitative estimate of drug-likeness (QED) is 0.844. The molecule has 0 aliphatic carbocycles. The minimum Gasteiger partial charge on any atom is -0.465 e. The molecule has 0 heterocycles. The molecular formula is C11H13Br2NO2. The van der Waals surface area contributed by atoms with Gasteiger partial charge in [0.1, 0.15) is 6.54 Å². The van der Waals surface area contributed by atoms with E-state index >= 15 is 0 Å². The van der Waals surface area contributed by atoms with Gasteiger partial charge in [0.05, 0.1) is 12.3 Å². The fraction of sp³-hybridized carbons (Fsp3) is 0.364. The Kier molecular flexibility index (Phi) is 5.28. The van der Waals surface area contributed by atoms with Crippen LogP contribution in [0.1, 0.15) is 12.5 Å². The van der Waals surface area contributed by atoms with E-state index in [2.05, 4.69) is 37.2 Å². The summed E-state index contributed by atoms with van der Waals surface area (Å²) in [5.74, 6) is -0.262. The van der Waals surface area contributed by atoms with Crippen LogP contribution < -0.4 is 5.32 Å². The lowest BCUT2D eigenvalue weighted by molar-refractivity contribution is -0.140. The van der Waals surface area contributed by atoms with Gasteiger partial charge in [0.25, 0.3) is 0 Å². The maximum absolute atomic E-state index is 11.2. The lowest BCUT2D eigenvalue weighted by atomic mass is 10.2. The topological polar surface area (TPSA) is 38.3 Å². The normalized spacial score (nSPS) is 10.0. The first kappa shape index (κ1) is 13.5. The van der Waals surface area contributed by atoms with Crippen molar-refractivity contribution in [2.75, 3.05) is 18.5 Å². The SMILES string of the molecule is CCOC(=O)CNc1c(Br)cc(C)cc1Br. The molecule has 88 valence electrons. The van der Waals surface area contributed by atoms with E-state index in [1.165, 1.54) is 0 Å². The number of nitrogens with one attached hydrogen (secondary N) is 1. The lowest BCUT2D eigenvalue weighted by Gasteiger charge is -2.11. The maximum atomic E-state index is 11.2. The summed E-state index contributed by atoms with van der Waals surface area (Å²) in [6, 6.07) is 3.97. The van der Waals surface area contributed by atoms with E-state index in [1.807, 2.05) is 19.1 Å². The highest BCUT2D eigenvalue weighted by Crippen LogP contribution is 2.32. The van der Waals surface area contributed by atoms with Crippen LogP contribution in [-0.2, 0) is 9.53 Å². The largest absolute Gasteiger partial charge is 0.465 e. The zero-order valence-electron chi connectivity index (χ0n) is 9.14. The Morgan fingerprint density at radius 1 is 1.38 bits per heavy atom. The van der Waals surface area contributed by atoms with Gasteiger partial charge in [0.15, 0.2) is 0 Å². The molecule has 0 aliphatic rings. The molecule has 0 unspecified atom stereocenters. The van der Waals surface area contributed by atoms with Crippen molar-refractivity contribution in [1.82, 2.24) is 0 Å². The van der Waals surface area contributed by atoms with Crippen molar-refractivity contribution in [3.8, 4) is 0 Å². The molecule has 0 radical (unpaired) electrons. The van der Waals surface area contributed by atoms with Crippen molar-refractivity contribution >= 4 is 43.5 Å². The summed E-state index contributed by atoms with van der Waals surface area (Å²) >= 11 is 6.88. The Hall–Kier alpha value is -0.550. The molecule has 0 saturated heterocycles. The first-order valence-electron chi connectivity index (χ1n) is 4.89. The average Bonchev–Trinajstić information content (AvgIpc) is 2.16. The van der Waals surface area contributed by atoms with Crippen molar-refractivity contribution in [1.29, 1.82) is 0 Å². The zero-order chi connectivity index (χ0) is 12.1. The van der Waals surface area contributed by atoms with E-state index in [9.17, 15) is 4.79 Å². The van der Waals surface area contributed by atoms with Gasteiger partial charge in [-0.2, -0.15) is 0 Å². The van der Waals surface area contributed by atoms with Gasteiger partial charge in [0, 0.05) is 8.95 Å². The van der Waals surface area contributed by atoms with Gasteiger partial charge in [-0.3, -0.25) is 4.79 Å². The highest BCUT2D eigenvalue weighted by molar-refractivity contribution is 9.11.